The van der Waals surface area contributed by atoms with Crippen LogP contribution in [0.1, 0.15) is 64.2 Å². The molecule has 1 aliphatic carbocycles. The third-order valence-corrected chi connectivity index (χ3v) is 7.75. The Bertz CT molecular complexity index is 1590. The first kappa shape index (κ1) is 37.8. The number of rotatable bonds is 12. The van der Waals surface area contributed by atoms with E-state index >= 15 is 0 Å². The van der Waals surface area contributed by atoms with Crippen molar-refractivity contribution in [1.29, 1.82) is 0 Å². The number of amides is 5. The molecule has 0 saturated heterocycles. The van der Waals surface area contributed by atoms with Gasteiger partial charge in [0.15, 0.2) is 0 Å². The van der Waals surface area contributed by atoms with Crippen LogP contribution in [-0.2, 0) is 30.3 Å². The fourth-order valence-electron chi connectivity index (χ4n) is 5.30. The summed E-state index contributed by atoms with van der Waals surface area (Å²) in [6.07, 6.45) is -0.858. The van der Waals surface area contributed by atoms with Crippen LogP contribution in [0.2, 0.25) is 0 Å². The van der Waals surface area contributed by atoms with Crippen molar-refractivity contribution in [3.8, 4) is 11.1 Å². The highest BCUT2D eigenvalue weighted by Gasteiger charge is 2.32. The highest BCUT2D eigenvalue weighted by atomic mass is 16.6. The number of nitrogens with zero attached hydrogens (tertiary/aromatic N) is 1. The predicted molar refractivity (Wildman–Crippen MR) is 188 cm³/mol. The average Bonchev–Trinajstić information content (AvgIpc) is 3.39. The summed E-state index contributed by atoms with van der Waals surface area (Å²) in [7, 11) is 0. The van der Waals surface area contributed by atoms with Gasteiger partial charge in [-0.05, 0) is 69.4 Å². The van der Waals surface area contributed by atoms with Crippen LogP contribution < -0.4 is 27.3 Å². The largest absolute Gasteiger partial charge is 0.447 e. The van der Waals surface area contributed by atoms with E-state index in [1.54, 1.807) is 65.8 Å². The minimum atomic E-state index is -1.29. The van der Waals surface area contributed by atoms with Crippen molar-refractivity contribution in [2.45, 2.75) is 77.3 Å². The second-order valence-electron chi connectivity index (χ2n) is 13.9. The Balaban J connectivity index is 1.50. The molecule has 4 rings (SSSR count). The predicted octanol–water partition coefficient (Wildman–Crippen LogP) is 4.13. The molecular weight excluding hydrogens is 640 g/mol. The molecule has 50 heavy (non-hydrogen) atoms. The second kappa shape index (κ2) is 16.6. The molecule has 0 spiro atoms. The molecule has 13 heteroatoms. The summed E-state index contributed by atoms with van der Waals surface area (Å²) in [6, 6.07) is 21.7. The van der Waals surface area contributed by atoms with Crippen LogP contribution in [-0.4, -0.2) is 72.1 Å². The minimum Gasteiger partial charge on any atom is -0.447 e. The first-order valence-electron chi connectivity index (χ1n) is 16.5. The van der Waals surface area contributed by atoms with Gasteiger partial charge in [0.25, 0.3) is 5.91 Å². The first-order chi connectivity index (χ1) is 23.6. The molecule has 0 fully saturated rings. The number of nitrogens with one attached hydrogen (secondary N) is 4. The summed E-state index contributed by atoms with van der Waals surface area (Å²) in [5, 5.41) is 6.27. The number of fused-ring (bicyclic) bond motifs is 3. The molecular formula is C37H48N6O7. The molecule has 268 valence electrons. The van der Waals surface area contributed by atoms with Crippen LogP contribution in [0.4, 0.5) is 9.59 Å². The van der Waals surface area contributed by atoms with Crippen molar-refractivity contribution >= 4 is 23.9 Å². The molecule has 1 aliphatic rings. The second-order valence-corrected chi connectivity index (χ2v) is 13.9. The van der Waals surface area contributed by atoms with Crippen LogP contribution in [0.25, 0.3) is 11.1 Å². The smallest absolute Gasteiger partial charge is 0.426 e. The molecule has 3 aromatic rings. The van der Waals surface area contributed by atoms with E-state index in [9.17, 15) is 19.2 Å². The summed E-state index contributed by atoms with van der Waals surface area (Å²) in [4.78, 5) is 53.2. The van der Waals surface area contributed by atoms with Gasteiger partial charge < -0.3 is 24.8 Å². The maximum atomic E-state index is 13.8. The summed E-state index contributed by atoms with van der Waals surface area (Å²) < 4.78 is 17.3. The van der Waals surface area contributed by atoms with Crippen molar-refractivity contribution in [3.63, 3.8) is 0 Å². The molecule has 0 bridgehead atoms. The number of benzene rings is 3. The number of hydrogen-bond donors (Lipinski definition) is 5. The molecule has 3 aromatic carbocycles. The number of hydrazine groups is 2. The van der Waals surface area contributed by atoms with Gasteiger partial charge in [0.05, 0.1) is 31.0 Å². The lowest BCUT2D eigenvalue weighted by Gasteiger charge is -2.30. The Hall–Kier alpha value is -4.98. The molecule has 0 saturated carbocycles. The van der Waals surface area contributed by atoms with Gasteiger partial charge in [-0.1, -0.05) is 78.9 Å². The number of ether oxygens (including phenoxy) is 3. The van der Waals surface area contributed by atoms with Crippen LogP contribution in [0, 0.1) is 0 Å². The molecule has 0 aliphatic heterocycles. The van der Waals surface area contributed by atoms with E-state index in [-0.39, 0.29) is 32.3 Å². The Morgan fingerprint density at radius 2 is 1.22 bits per heavy atom. The van der Waals surface area contributed by atoms with Gasteiger partial charge in [-0.3, -0.25) is 15.0 Å². The third kappa shape index (κ3) is 10.8. The topological polar surface area (TPSA) is 173 Å². The van der Waals surface area contributed by atoms with Gasteiger partial charge in [0, 0.05) is 5.92 Å². The Morgan fingerprint density at radius 3 is 1.74 bits per heavy atom. The minimum absolute atomic E-state index is 0.0341. The van der Waals surface area contributed by atoms with Gasteiger partial charge in [-0.25, -0.2) is 25.9 Å². The van der Waals surface area contributed by atoms with E-state index in [0.717, 1.165) is 27.3 Å². The fourth-order valence-corrected chi connectivity index (χ4v) is 5.30. The van der Waals surface area contributed by atoms with E-state index < -0.39 is 47.2 Å². The van der Waals surface area contributed by atoms with Crippen LogP contribution in [0.5, 0.6) is 0 Å². The third-order valence-electron chi connectivity index (χ3n) is 7.75. The number of urea groups is 1. The highest BCUT2D eigenvalue weighted by Crippen LogP contribution is 2.44. The van der Waals surface area contributed by atoms with Crippen molar-refractivity contribution in [2.24, 2.45) is 5.84 Å². The SMILES string of the molecule is CC(C)(C)OC[C@H](NC(=O)[C@H](COC(C)(C)C)NC(=O)N(Cc1ccccc1)NC(=O)OCC1c2ccccc2-c2ccccc21)C(=O)NN. The van der Waals surface area contributed by atoms with E-state index in [1.807, 2.05) is 60.0 Å². The summed E-state index contributed by atoms with van der Waals surface area (Å²) in [5.74, 6) is 3.77. The Morgan fingerprint density at radius 1 is 0.720 bits per heavy atom. The van der Waals surface area contributed by atoms with Crippen molar-refractivity contribution < 1.29 is 33.4 Å². The lowest BCUT2D eigenvalue weighted by atomic mass is 9.98. The molecule has 2 atom stereocenters. The normalized spacial score (nSPS) is 13.7. The lowest BCUT2D eigenvalue weighted by Crippen LogP contribution is -2.60. The highest BCUT2D eigenvalue weighted by molar-refractivity contribution is 5.92. The number of nitrogens with two attached hydrogens (primary N) is 1. The summed E-state index contributed by atoms with van der Waals surface area (Å²) in [6.45, 7) is 10.4. The fraction of sp³-hybridized carbons (Fsp3) is 0.405. The zero-order valence-corrected chi connectivity index (χ0v) is 29.4. The van der Waals surface area contributed by atoms with Crippen LogP contribution in [0.15, 0.2) is 78.9 Å². The Labute approximate surface area is 293 Å². The molecule has 13 nitrogen and oxygen atoms in total. The number of carbonyl (C=O) groups excluding carboxylic acids is 4. The van der Waals surface area contributed by atoms with Gasteiger partial charge in [0.2, 0.25) is 5.91 Å². The molecule has 0 unspecified atom stereocenters. The van der Waals surface area contributed by atoms with Crippen molar-refractivity contribution in [2.75, 3.05) is 19.8 Å². The van der Waals surface area contributed by atoms with E-state index in [0.29, 0.717) is 5.56 Å². The summed E-state index contributed by atoms with van der Waals surface area (Å²) in [5.41, 5.74) is 8.26. The van der Waals surface area contributed by atoms with Gasteiger partial charge in [-0.2, -0.15) is 0 Å². The molecule has 6 N–H and O–H groups in total. The quantitative estimate of drug-likeness (QED) is 0.107. The molecule has 0 aromatic heterocycles. The number of carbonyl (C=O) groups is 4. The zero-order valence-electron chi connectivity index (χ0n) is 29.4. The molecule has 0 heterocycles. The van der Waals surface area contributed by atoms with Gasteiger partial charge in [-0.15, -0.1) is 0 Å². The average molecular weight is 689 g/mol. The van der Waals surface area contributed by atoms with E-state index in [1.165, 1.54) is 0 Å². The number of hydrogen-bond acceptors (Lipinski definition) is 8. The molecule has 0 radical (unpaired) electrons. The lowest BCUT2D eigenvalue weighted by molar-refractivity contribution is -0.134. The van der Waals surface area contributed by atoms with Crippen LogP contribution >= 0.6 is 0 Å². The van der Waals surface area contributed by atoms with Crippen molar-refractivity contribution in [3.05, 3.63) is 95.6 Å². The maximum absolute atomic E-state index is 13.8. The van der Waals surface area contributed by atoms with E-state index in [4.69, 9.17) is 20.1 Å². The maximum Gasteiger partial charge on any atom is 0.426 e. The first-order valence-corrected chi connectivity index (χ1v) is 16.5. The standard InChI is InChI=1S/C37H48N6O7/c1-36(2,3)49-22-30(32(44)39-31(33(45)41-38)23-50-37(4,5)6)40-34(46)43(20-24-14-8-7-9-15-24)42-35(47)48-21-29-27-18-12-10-16-25(27)26-17-11-13-19-28(26)29/h7-19,29-31H,20-23,38H2,1-6H3,(H,39,44)(H,40,46)(H,41,45)(H,42,47)/t30-,31-/m0/s1. The zero-order chi connectivity index (χ0) is 36.5. The van der Waals surface area contributed by atoms with Crippen molar-refractivity contribution in [1.82, 2.24) is 26.5 Å². The van der Waals surface area contributed by atoms with Gasteiger partial charge >= 0.3 is 12.1 Å². The summed E-state index contributed by atoms with van der Waals surface area (Å²) >= 11 is 0. The molecule has 5 amide bonds. The van der Waals surface area contributed by atoms with E-state index in [2.05, 4.69) is 16.1 Å². The van der Waals surface area contributed by atoms with Gasteiger partial charge in [0.1, 0.15) is 18.7 Å². The Kier molecular flexibility index (Phi) is 12.6. The van der Waals surface area contributed by atoms with Crippen LogP contribution in [0.3, 0.4) is 0 Å². The monoisotopic (exact) mass is 688 g/mol.